The minimum Gasteiger partial charge on any atom is -0.355 e. The Hall–Kier alpha value is -1.92. The Balaban J connectivity index is 1.63. The molecular formula is C17H21N3O2S. The largest absolute Gasteiger partial charge is 0.355 e. The van der Waals surface area contributed by atoms with E-state index in [4.69, 9.17) is 0 Å². The summed E-state index contributed by atoms with van der Waals surface area (Å²) in [6, 6.07) is 15.0. The van der Waals surface area contributed by atoms with E-state index in [1.807, 2.05) is 48.5 Å². The van der Waals surface area contributed by atoms with Crippen LogP contribution in [-0.2, 0) is 15.8 Å². The maximum Gasteiger partial charge on any atom is 0.216 e. The van der Waals surface area contributed by atoms with Gasteiger partial charge in [0.05, 0.1) is 5.75 Å². The number of nitrogens with zero attached hydrogens (tertiary/aromatic N) is 2. The highest BCUT2D eigenvalue weighted by atomic mass is 32.2. The van der Waals surface area contributed by atoms with Crippen molar-refractivity contribution in [1.82, 2.24) is 9.71 Å². The van der Waals surface area contributed by atoms with E-state index < -0.39 is 10.0 Å². The summed E-state index contributed by atoms with van der Waals surface area (Å²) in [5.41, 5.74) is 0.803. The van der Waals surface area contributed by atoms with Gasteiger partial charge in [-0.2, -0.15) is 0 Å². The van der Waals surface area contributed by atoms with Gasteiger partial charge in [0.1, 0.15) is 5.82 Å². The van der Waals surface area contributed by atoms with E-state index in [0.29, 0.717) is 6.54 Å². The van der Waals surface area contributed by atoms with Crippen molar-refractivity contribution < 1.29 is 8.42 Å². The van der Waals surface area contributed by atoms with Gasteiger partial charge in [-0.25, -0.2) is 18.1 Å². The van der Waals surface area contributed by atoms with Crippen molar-refractivity contribution in [1.29, 1.82) is 0 Å². The van der Waals surface area contributed by atoms with Crippen LogP contribution in [0.3, 0.4) is 0 Å². The molecule has 1 aliphatic heterocycles. The number of anilines is 1. The molecule has 0 radical (unpaired) electrons. The fourth-order valence-electron chi connectivity index (χ4n) is 2.91. The number of nitrogens with one attached hydrogen (secondary N) is 1. The molecule has 23 heavy (non-hydrogen) atoms. The van der Waals surface area contributed by atoms with Gasteiger partial charge < -0.3 is 4.90 Å². The van der Waals surface area contributed by atoms with Crippen LogP contribution in [0.4, 0.5) is 5.82 Å². The molecule has 0 aliphatic carbocycles. The highest BCUT2D eigenvalue weighted by Crippen LogP contribution is 2.18. The van der Waals surface area contributed by atoms with Gasteiger partial charge in [-0.1, -0.05) is 36.4 Å². The molecular weight excluding hydrogens is 310 g/mol. The third kappa shape index (κ3) is 4.53. The second-order valence-electron chi connectivity index (χ2n) is 5.84. The topological polar surface area (TPSA) is 62.3 Å². The third-order valence-electron chi connectivity index (χ3n) is 3.94. The van der Waals surface area contributed by atoms with Gasteiger partial charge >= 0.3 is 0 Å². The van der Waals surface area contributed by atoms with Crippen LogP contribution in [0.1, 0.15) is 18.4 Å². The molecule has 0 spiro atoms. The number of hydrogen-bond donors (Lipinski definition) is 1. The fraction of sp³-hybridized carbons (Fsp3) is 0.353. The van der Waals surface area contributed by atoms with E-state index in [9.17, 15) is 8.42 Å². The van der Waals surface area contributed by atoms with Crippen molar-refractivity contribution in [2.45, 2.75) is 24.6 Å². The quantitative estimate of drug-likeness (QED) is 0.912. The Morgan fingerprint density at radius 3 is 2.65 bits per heavy atom. The molecule has 1 saturated heterocycles. The molecule has 122 valence electrons. The predicted molar refractivity (Wildman–Crippen MR) is 91.7 cm³/mol. The van der Waals surface area contributed by atoms with Crippen LogP contribution in [0.15, 0.2) is 54.7 Å². The van der Waals surface area contributed by atoms with Crippen LogP contribution < -0.4 is 9.62 Å². The summed E-state index contributed by atoms with van der Waals surface area (Å²) in [4.78, 5) is 6.49. The summed E-state index contributed by atoms with van der Waals surface area (Å²) in [5, 5.41) is 0. The van der Waals surface area contributed by atoms with Crippen LogP contribution in [0.5, 0.6) is 0 Å². The highest BCUT2D eigenvalue weighted by molar-refractivity contribution is 7.88. The molecule has 1 atom stereocenters. The molecule has 5 nitrogen and oxygen atoms in total. The molecule has 0 bridgehead atoms. The molecule has 1 unspecified atom stereocenters. The number of sulfonamides is 1. The zero-order valence-electron chi connectivity index (χ0n) is 12.9. The average molecular weight is 331 g/mol. The summed E-state index contributed by atoms with van der Waals surface area (Å²) in [7, 11) is -3.34. The fourth-order valence-corrected chi connectivity index (χ4v) is 4.33. The van der Waals surface area contributed by atoms with Gasteiger partial charge in [-0.15, -0.1) is 0 Å². The maximum atomic E-state index is 12.4. The first kappa shape index (κ1) is 16.0. The van der Waals surface area contributed by atoms with Crippen LogP contribution in [0.25, 0.3) is 0 Å². The number of rotatable bonds is 5. The average Bonchev–Trinajstić information content (AvgIpc) is 2.56. The number of aromatic nitrogens is 1. The Kier molecular flexibility index (Phi) is 4.93. The summed E-state index contributed by atoms with van der Waals surface area (Å²) < 4.78 is 27.6. The van der Waals surface area contributed by atoms with Crippen LogP contribution >= 0.6 is 0 Å². The van der Waals surface area contributed by atoms with E-state index in [0.717, 1.165) is 30.8 Å². The minimum atomic E-state index is -3.34. The molecule has 6 heteroatoms. The molecule has 1 aliphatic rings. The SMILES string of the molecule is O=S(=O)(Cc1ccccc1)NC1CCCN(c2ccccn2)C1. The van der Waals surface area contributed by atoms with Crippen molar-refractivity contribution in [3.05, 3.63) is 60.3 Å². The second-order valence-corrected chi connectivity index (χ2v) is 7.59. The highest BCUT2D eigenvalue weighted by Gasteiger charge is 2.24. The van der Waals surface area contributed by atoms with Gasteiger partial charge in [0.25, 0.3) is 0 Å². The van der Waals surface area contributed by atoms with Crippen molar-refractivity contribution in [3.8, 4) is 0 Å². The van der Waals surface area contributed by atoms with E-state index in [-0.39, 0.29) is 11.8 Å². The number of hydrogen-bond acceptors (Lipinski definition) is 4. The summed E-state index contributed by atoms with van der Waals surface area (Å²) in [6.45, 7) is 1.57. The Morgan fingerprint density at radius 2 is 1.91 bits per heavy atom. The first-order chi connectivity index (χ1) is 11.1. The predicted octanol–water partition coefficient (Wildman–Crippen LogP) is 2.17. The lowest BCUT2D eigenvalue weighted by Crippen LogP contribution is -2.48. The maximum absolute atomic E-state index is 12.4. The molecule has 1 fully saturated rings. The standard InChI is InChI=1S/C17H21N3O2S/c21-23(22,14-15-7-2-1-3-8-15)19-16-9-6-12-20(13-16)17-10-4-5-11-18-17/h1-5,7-8,10-11,16,19H,6,9,12-14H2. The van der Waals surface area contributed by atoms with E-state index in [1.165, 1.54) is 0 Å². The van der Waals surface area contributed by atoms with Gasteiger partial charge in [-0.05, 0) is 30.5 Å². The lowest BCUT2D eigenvalue weighted by Gasteiger charge is -2.33. The molecule has 0 saturated carbocycles. The zero-order valence-corrected chi connectivity index (χ0v) is 13.7. The lowest BCUT2D eigenvalue weighted by atomic mass is 10.1. The van der Waals surface area contributed by atoms with Crippen molar-refractivity contribution in [2.24, 2.45) is 0 Å². The van der Waals surface area contributed by atoms with Gasteiger partial charge in [0.15, 0.2) is 0 Å². The Morgan fingerprint density at radius 1 is 1.13 bits per heavy atom. The summed E-state index contributed by atoms with van der Waals surface area (Å²) >= 11 is 0. The van der Waals surface area contributed by atoms with E-state index in [1.54, 1.807) is 6.20 Å². The van der Waals surface area contributed by atoms with E-state index in [2.05, 4.69) is 14.6 Å². The van der Waals surface area contributed by atoms with Crippen LogP contribution in [0, 0.1) is 0 Å². The molecule has 2 aromatic rings. The number of benzene rings is 1. The van der Waals surface area contributed by atoms with Crippen molar-refractivity contribution in [2.75, 3.05) is 18.0 Å². The van der Waals surface area contributed by atoms with Crippen LogP contribution in [0.2, 0.25) is 0 Å². The molecule has 0 amide bonds. The molecule has 1 N–H and O–H groups in total. The summed E-state index contributed by atoms with van der Waals surface area (Å²) in [5.74, 6) is 0.924. The molecule has 2 heterocycles. The number of pyridine rings is 1. The Labute approximate surface area is 137 Å². The monoisotopic (exact) mass is 331 g/mol. The second kappa shape index (κ2) is 7.10. The normalized spacial score (nSPS) is 18.8. The van der Waals surface area contributed by atoms with Crippen LogP contribution in [-0.4, -0.2) is 32.5 Å². The van der Waals surface area contributed by atoms with Gasteiger partial charge in [-0.3, -0.25) is 0 Å². The Bertz CT molecular complexity index is 720. The van der Waals surface area contributed by atoms with E-state index >= 15 is 0 Å². The molecule has 1 aromatic heterocycles. The van der Waals surface area contributed by atoms with Gasteiger partial charge in [0, 0.05) is 25.3 Å². The zero-order chi connectivity index (χ0) is 16.1. The third-order valence-corrected chi connectivity index (χ3v) is 5.35. The van der Waals surface area contributed by atoms with Crippen molar-refractivity contribution >= 4 is 15.8 Å². The van der Waals surface area contributed by atoms with Crippen molar-refractivity contribution in [3.63, 3.8) is 0 Å². The molecule has 1 aromatic carbocycles. The summed E-state index contributed by atoms with van der Waals surface area (Å²) in [6.07, 6.45) is 3.57. The minimum absolute atomic E-state index is 0.0218. The smallest absolute Gasteiger partial charge is 0.216 e. The first-order valence-electron chi connectivity index (χ1n) is 7.82. The van der Waals surface area contributed by atoms with Gasteiger partial charge in [0.2, 0.25) is 10.0 Å². The number of piperidine rings is 1. The first-order valence-corrected chi connectivity index (χ1v) is 9.47. The lowest BCUT2D eigenvalue weighted by molar-refractivity contribution is 0.464. The molecule has 3 rings (SSSR count).